The quantitative estimate of drug-likeness (QED) is 0.295. The number of carbonyl (C=O) groups is 2. The second-order valence-corrected chi connectivity index (χ2v) is 13.2. The van der Waals surface area contributed by atoms with Gasteiger partial charge in [0.15, 0.2) is 5.11 Å². The van der Waals surface area contributed by atoms with Crippen LogP contribution in [0.1, 0.15) is 63.6 Å². The molecule has 2 aromatic rings. The Bertz CT molecular complexity index is 1530. The van der Waals surface area contributed by atoms with Crippen molar-refractivity contribution in [2.24, 2.45) is 17.3 Å². The van der Waals surface area contributed by atoms with Crippen molar-refractivity contribution < 1.29 is 9.59 Å². The fourth-order valence-corrected chi connectivity index (χ4v) is 9.06. The third kappa shape index (κ3) is 2.69. The molecule has 2 bridgehead atoms. The van der Waals surface area contributed by atoms with Crippen molar-refractivity contribution in [2.45, 2.75) is 57.8 Å². The van der Waals surface area contributed by atoms with E-state index < -0.39 is 11.8 Å². The first-order valence-corrected chi connectivity index (χ1v) is 14.0. The summed E-state index contributed by atoms with van der Waals surface area (Å²) in [6.45, 7) is 9.51. The number of nitrogens with one attached hydrogen (secondary N) is 2. The maximum atomic E-state index is 12.6. The highest BCUT2D eigenvalue weighted by atomic mass is 32.1. The first-order chi connectivity index (χ1) is 18.0. The first kappa shape index (κ1) is 23.8. The number of anilines is 1. The summed E-state index contributed by atoms with van der Waals surface area (Å²) in [7, 11) is 2.15. The van der Waals surface area contributed by atoms with Gasteiger partial charge in [-0.15, -0.1) is 0 Å². The van der Waals surface area contributed by atoms with Gasteiger partial charge in [-0.1, -0.05) is 52.0 Å². The van der Waals surface area contributed by atoms with Crippen LogP contribution in [0.15, 0.2) is 59.8 Å². The van der Waals surface area contributed by atoms with Crippen molar-refractivity contribution in [3.8, 4) is 11.1 Å². The maximum Gasteiger partial charge on any atom is 0.263 e. The van der Waals surface area contributed by atoms with Crippen molar-refractivity contribution in [3.63, 3.8) is 0 Å². The molecule has 5 nitrogen and oxygen atoms in total. The van der Waals surface area contributed by atoms with E-state index in [0.29, 0.717) is 11.8 Å². The van der Waals surface area contributed by atoms with Gasteiger partial charge >= 0.3 is 0 Å². The van der Waals surface area contributed by atoms with Crippen LogP contribution in [0.5, 0.6) is 0 Å². The van der Waals surface area contributed by atoms with Crippen LogP contribution in [0.25, 0.3) is 11.1 Å². The van der Waals surface area contributed by atoms with Gasteiger partial charge in [0.1, 0.15) is 5.57 Å². The fourth-order valence-electron chi connectivity index (χ4n) is 8.88. The number of hydrogen-bond donors (Lipinski definition) is 2. The zero-order chi connectivity index (χ0) is 26.8. The minimum Gasteiger partial charge on any atom is -0.347 e. The molecule has 3 unspecified atom stereocenters. The Balaban J connectivity index is 1.48. The number of benzene rings is 2. The molecule has 2 aromatic carbocycles. The number of rotatable bonds is 1. The topological polar surface area (TPSA) is 61.4 Å². The second-order valence-electron chi connectivity index (χ2n) is 12.8. The van der Waals surface area contributed by atoms with E-state index in [2.05, 4.69) is 86.7 Å². The average Bonchev–Trinajstić information content (AvgIpc) is 3.55. The lowest BCUT2D eigenvalue weighted by atomic mass is 9.54. The van der Waals surface area contributed by atoms with Crippen molar-refractivity contribution in [2.75, 3.05) is 11.9 Å². The van der Waals surface area contributed by atoms with Gasteiger partial charge < -0.3 is 4.90 Å². The Kier molecular flexibility index (Phi) is 4.67. The Morgan fingerprint density at radius 2 is 1.58 bits per heavy atom. The molecular weight excluding hydrogens is 490 g/mol. The van der Waals surface area contributed by atoms with Gasteiger partial charge in [0.2, 0.25) is 0 Å². The number of amides is 2. The highest BCUT2D eigenvalue weighted by molar-refractivity contribution is 7.80. The van der Waals surface area contributed by atoms with E-state index in [1.54, 1.807) is 6.08 Å². The average molecular weight is 524 g/mol. The summed E-state index contributed by atoms with van der Waals surface area (Å²) in [4.78, 5) is 27.6. The summed E-state index contributed by atoms with van der Waals surface area (Å²) in [5.74, 6) is 0.249. The van der Waals surface area contributed by atoms with Crippen molar-refractivity contribution in [1.29, 1.82) is 0 Å². The Morgan fingerprint density at radius 3 is 2.26 bits per heavy atom. The van der Waals surface area contributed by atoms with E-state index in [4.69, 9.17) is 12.2 Å². The van der Waals surface area contributed by atoms with Gasteiger partial charge in [0.25, 0.3) is 11.8 Å². The highest BCUT2D eigenvalue weighted by Crippen LogP contribution is 2.73. The van der Waals surface area contributed by atoms with Gasteiger partial charge in [0.05, 0.1) is 0 Å². The second kappa shape index (κ2) is 7.44. The van der Waals surface area contributed by atoms with Crippen LogP contribution in [-0.4, -0.2) is 24.0 Å². The fraction of sp³-hybridized carbons (Fsp3) is 0.406. The normalized spacial score (nSPS) is 30.4. The molecule has 3 fully saturated rings. The van der Waals surface area contributed by atoms with Gasteiger partial charge in [0, 0.05) is 29.3 Å². The molecule has 3 atom stereocenters. The van der Waals surface area contributed by atoms with E-state index in [-0.39, 0.29) is 26.9 Å². The number of carbonyl (C=O) groups excluding carboxylic acids is 2. The molecule has 1 saturated heterocycles. The number of nitrogens with zero attached hydrogens (tertiary/aromatic N) is 1. The molecule has 1 spiro atoms. The molecule has 7 rings (SSSR count). The summed E-state index contributed by atoms with van der Waals surface area (Å²) >= 11 is 4.99. The van der Waals surface area contributed by atoms with E-state index in [9.17, 15) is 9.59 Å². The van der Waals surface area contributed by atoms with Crippen molar-refractivity contribution in [3.05, 3.63) is 76.5 Å². The van der Waals surface area contributed by atoms with E-state index >= 15 is 0 Å². The number of fused-ring (bicyclic) bond motifs is 8. The first-order valence-electron chi connectivity index (χ1n) is 13.6. The molecule has 5 aliphatic rings. The molecule has 2 saturated carbocycles. The third-order valence-corrected chi connectivity index (χ3v) is 10.9. The van der Waals surface area contributed by atoms with Crippen LogP contribution < -0.4 is 15.5 Å². The molecule has 0 radical (unpaired) electrons. The smallest absolute Gasteiger partial charge is 0.263 e. The Labute approximate surface area is 229 Å². The van der Waals surface area contributed by atoms with Crippen LogP contribution in [0.2, 0.25) is 0 Å². The lowest BCUT2D eigenvalue weighted by Crippen LogP contribution is -2.51. The monoisotopic (exact) mass is 523 g/mol. The number of likely N-dealkylation sites (N-methyl/N-ethyl adjacent to an activating group) is 1. The van der Waals surface area contributed by atoms with Crippen LogP contribution in [0.4, 0.5) is 5.69 Å². The SMILES string of the molecule is CN1/C(=C/C=C2C(=O)NC(=S)NC2=O)C2(c3cc4c(cc31)C(C)(C)c1ccccc1-4)C1CCC(C1)C2(C)C. The molecule has 2 heterocycles. The van der Waals surface area contributed by atoms with Crippen molar-refractivity contribution >= 4 is 34.8 Å². The summed E-state index contributed by atoms with van der Waals surface area (Å²) in [5, 5.41) is 5.19. The Morgan fingerprint density at radius 1 is 0.895 bits per heavy atom. The predicted octanol–water partition coefficient (Wildman–Crippen LogP) is 5.48. The highest BCUT2D eigenvalue weighted by Gasteiger charge is 2.68. The molecule has 3 aliphatic carbocycles. The summed E-state index contributed by atoms with van der Waals surface area (Å²) in [6, 6.07) is 13.7. The lowest BCUT2D eigenvalue weighted by Gasteiger charge is -2.49. The standard InChI is InChI=1S/C32H33N3O2S/c1-30(2)22-9-7-6-8-19(22)21-15-24-25(16-23(21)30)35(5)26(13-12-20-27(36)33-29(38)34-28(20)37)32(24)18-11-10-17(14-18)31(32,3)4/h6-9,12-13,15-18H,10-11,14H2,1-5H3,(H2,33,34,36,37,38)/b26-13+. The predicted molar refractivity (Wildman–Crippen MR) is 154 cm³/mol. The molecule has 2 amide bonds. The third-order valence-electron chi connectivity index (χ3n) is 10.7. The van der Waals surface area contributed by atoms with Gasteiger partial charge in [-0.25, -0.2) is 0 Å². The van der Waals surface area contributed by atoms with E-state index in [0.717, 1.165) is 0 Å². The molecule has 0 aromatic heterocycles. The molecule has 38 heavy (non-hydrogen) atoms. The van der Waals surface area contributed by atoms with E-state index in [1.807, 2.05) is 6.08 Å². The molecule has 6 heteroatoms. The molecule has 2 N–H and O–H groups in total. The van der Waals surface area contributed by atoms with Gasteiger partial charge in [-0.2, -0.15) is 0 Å². The summed E-state index contributed by atoms with van der Waals surface area (Å²) < 4.78 is 0. The number of allylic oxidation sites excluding steroid dienone is 3. The maximum absolute atomic E-state index is 12.6. The minimum absolute atomic E-state index is 0.0281. The molecule has 194 valence electrons. The van der Waals surface area contributed by atoms with Crippen LogP contribution in [0, 0.1) is 17.3 Å². The van der Waals surface area contributed by atoms with Crippen molar-refractivity contribution in [1.82, 2.24) is 10.6 Å². The minimum atomic E-state index is -0.452. The van der Waals surface area contributed by atoms with Crippen LogP contribution >= 0.6 is 12.2 Å². The molecular formula is C32H33N3O2S. The lowest BCUT2D eigenvalue weighted by molar-refractivity contribution is -0.123. The summed E-state index contributed by atoms with van der Waals surface area (Å²) in [5.41, 5.74) is 9.09. The Hall–Kier alpha value is -3.25. The summed E-state index contributed by atoms with van der Waals surface area (Å²) in [6.07, 6.45) is 7.40. The number of thiocarbonyl (C=S) groups is 1. The van der Waals surface area contributed by atoms with Crippen LogP contribution in [-0.2, 0) is 20.4 Å². The van der Waals surface area contributed by atoms with Gasteiger partial charge in [-0.3, -0.25) is 20.2 Å². The van der Waals surface area contributed by atoms with Crippen LogP contribution in [0.3, 0.4) is 0 Å². The zero-order valence-electron chi connectivity index (χ0n) is 22.6. The van der Waals surface area contributed by atoms with E-state index in [1.165, 1.54) is 58.5 Å². The number of hydrogen-bond acceptors (Lipinski definition) is 4. The zero-order valence-corrected chi connectivity index (χ0v) is 23.4. The molecule has 2 aliphatic heterocycles. The largest absolute Gasteiger partial charge is 0.347 e. The van der Waals surface area contributed by atoms with Gasteiger partial charge in [-0.05, 0) is 101 Å².